The lowest BCUT2D eigenvalue weighted by Gasteiger charge is -2.29. The van der Waals surface area contributed by atoms with Crippen LogP contribution in [0.5, 0.6) is 0 Å². The second-order valence-electron chi connectivity index (χ2n) is 8.30. The Kier molecular flexibility index (Phi) is 6.41. The summed E-state index contributed by atoms with van der Waals surface area (Å²) in [5.41, 5.74) is 3.07. The number of aryl methyl sites for hydroxylation is 2. The first-order valence-corrected chi connectivity index (χ1v) is 12.8. The molecule has 1 amide bonds. The summed E-state index contributed by atoms with van der Waals surface area (Å²) in [7, 11) is -3.64. The van der Waals surface area contributed by atoms with E-state index in [1.807, 2.05) is 31.2 Å². The monoisotopic (exact) mass is 470 g/mol. The minimum absolute atomic E-state index is 0.139. The van der Waals surface area contributed by atoms with Gasteiger partial charge in [-0.2, -0.15) is 4.31 Å². The number of rotatable bonds is 5. The first-order chi connectivity index (χ1) is 15.2. The van der Waals surface area contributed by atoms with Gasteiger partial charge in [0.2, 0.25) is 15.2 Å². The molecule has 0 aliphatic carbocycles. The Morgan fingerprint density at radius 2 is 1.75 bits per heavy atom. The average Bonchev–Trinajstić information content (AvgIpc) is 3.23. The van der Waals surface area contributed by atoms with Crippen molar-refractivity contribution in [2.24, 2.45) is 5.92 Å². The number of carbonyl (C=O) groups is 1. The van der Waals surface area contributed by atoms with E-state index >= 15 is 0 Å². The van der Waals surface area contributed by atoms with Crippen molar-refractivity contribution in [2.75, 3.05) is 18.4 Å². The molecule has 1 fully saturated rings. The molecule has 2 aromatic carbocycles. The van der Waals surface area contributed by atoms with Crippen LogP contribution in [0.1, 0.15) is 41.3 Å². The van der Waals surface area contributed by atoms with E-state index in [-0.39, 0.29) is 4.90 Å². The number of nitrogens with one attached hydrogen (secondary N) is 1. The minimum Gasteiger partial charge on any atom is -0.296 e. The smallest absolute Gasteiger partial charge is 0.257 e. The fourth-order valence-electron chi connectivity index (χ4n) is 3.63. The van der Waals surface area contributed by atoms with Gasteiger partial charge in [0, 0.05) is 24.2 Å². The first-order valence-electron chi connectivity index (χ1n) is 10.6. The maximum atomic E-state index is 13.1. The fourth-order valence-corrected chi connectivity index (χ4v) is 5.87. The summed E-state index contributed by atoms with van der Waals surface area (Å²) in [4.78, 5) is 13.1. The number of aromatic nitrogens is 2. The van der Waals surface area contributed by atoms with Crippen molar-refractivity contribution >= 4 is 32.4 Å². The zero-order chi connectivity index (χ0) is 22.9. The van der Waals surface area contributed by atoms with Crippen LogP contribution in [0.15, 0.2) is 47.4 Å². The van der Waals surface area contributed by atoms with Crippen LogP contribution in [0.3, 0.4) is 0 Å². The summed E-state index contributed by atoms with van der Waals surface area (Å²) in [5.74, 6) is 0.121. The van der Waals surface area contributed by atoms with Gasteiger partial charge in [0.25, 0.3) is 5.91 Å². The number of piperidine rings is 1. The molecule has 1 aromatic heterocycles. The fraction of sp³-hybridized carbons (Fsp3) is 0.348. The molecule has 0 saturated carbocycles. The number of benzene rings is 2. The van der Waals surface area contributed by atoms with Gasteiger partial charge in [0.05, 0.1) is 4.90 Å². The molecule has 0 unspecified atom stereocenters. The zero-order valence-corrected chi connectivity index (χ0v) is 20.0. The molecule has 0 atom stereocenters. The number of carbonyl (C=O) groups excluding carboxylic acids is 1. The topological polar surface area (TPSA) is 92.3 Å². The van der Waals surface area contributed by atoms with Gasteiger partial charge in [-0.25, -0.2) is 8.42 Å². The molecule has 1 aliphatic heterocycles. The maximum absolute atomic E-state index is 13.1. The first kappa shape index (κ1) is 22.6. The van der Waals surface area contributed by atoms with Crippen molar-refractivity contribution in [2.45, 2.75) is 38.5 Å². The Morgan fingerprint density at radius 1 is 1.06 bits per heavy atom. The molecule has 1 saturated heterocycles. The van der Waals surface area contributed by atoms with Gasteiger partial charge in [-0.05, 0) is 50.3 Å². The average molecular weight is 471 g/mol. The Balaban J connectivity index is 1.54. The van der Waals surface area contributed by atoms with Gasteiger partial charge < -0.3 is 0 Å². The molecule has 0 radical (unpaired) electrons. The highest BCUT2D eigenvalue weighted by Crippen LogP contribution is 2.28. The third kappa shape index (κ3) is 4.74. The number of anilines is 1. The molecular weight excluding hydrogens is 444 g/mol. The summed E-state index contributed by atoms with van der Waals surface area (Å²) in [5, 5.41) is 12.1. The Hall–Kier alpha value is -2.62. The van der Waals surface area contributed by atoms with Crippen LogP contribution in [0.25, 0.3) is 10.6 Å². The van der Waals surface area contributed by atoms with Crippen LogP contribution in [0.4, 0.5) is 5.13 Å². The highest BCUT2D eigenvalue weighted by Gasteiger charge is 2.29. The van der Waals surface area contributed by atoms with E-state index in [4.69, 9.17) is 0 Å². The van der Waals surface area contributed by atoms with Crippen molar-refractivity contribution in [3.63, 3.8) is 0 Å². The molecular formula is C23H26N4O3S2. The summed E-state index contributed by atoms with van der Waals surface area (Å²) >= 11 is 1.27. The van der Waals surface area contributed by atoms with Crippen LogP contribution in [0, 0.1) is 19.8 Å². The van der Waals surface area contributed by atoms with Gasteiger partial charge in [0.15, 0.2) is 0 Å². The largest absolute Gasteiger partial charge is 0.296 e. The lowest BCUT2D eigenvalue weighted by Crippen LogP contribution is -2.38. The van der Waals surface area contributed by atoms with Crippen LogP contribution < -0.4 is 5.32 Å². The van der Waals surface area contributed by atoms with E-state index in [9.17, 15) is 13.2 Å². The van der Waals surface area contributed by atoms with E-state index in [1.165, 1.54) is 21.7 Å². The molecule has 2 heterocycles. The second kappa shape index (κ2) is 9.09. The minimum atomic E-state index is -3.64. The molecule has 3 aromatic rings. The van der Waals surface area contributed by atoms with E-state index in [0.717, 1.165) is 24.0 Å². The van der Waals surface area contributed by atoms with Crippen LogP contribution >= 0.6 is 11.3 Å². The highest BCUT2D eigenvalue weighted by molar-refractivity contribution is 7.89. The third-order valence-electron chi connectivity index (χ3n) is 5.78. The predicted octanol–water partition coefficient (Wildman–Crippen LogP) is 4.49. The predicted molar refractivity (Wildman–Crippen MR) is 126 cm³/mol. The van der Waals surface area contributed by atoms with Gasteiger partial charge in [0.1, 0.15) is 5.01 Å². The van der Waals surface area contributed by atoms with Crippen LogP contribution in [0.2, 0.25) is 0 Å². The molecule has 0 spiro atoms. The molecule has 7 nitrogen and oxygen atoms in total. The van der Waals surface area contributed by atoms with Gasteiger partial charge >= 0.3 is 0 Å². The van der Waals surface area contributed by atoms with E-state index < -0.39 is 15.9 Å². The van der Waals surface area contributed by atoms with E-state index in [2.05, 4.69) is 22.4 Å². The number of sulfonamides is 1. The lowest BCUT2D eigenvalue weighted by molar-refractivity contribution is 0.102. The van der Waals surface area contributed by atoms with Gasteiger partial charge in [-0.3, -0.25) is 10.1 Å². The summed E-state index contributed by atoms with van der Waals surface area (Å²) in [6.45, 7) is 6.94. The highest BCUT2D eigenvalue weighted by atomic mass is 32.2. The Labute approximate surface area is 192 Å². The van der Waals surface area contributed by atoms with Crippen LogP contribution in [-0.2, 0) is 10.0 Å². The number of nitrogens with zero attached hydrogens (tertiary/aromatic N) is 3. The van der Waals surface area contributed by atoms with Gasteiger partial charge in [-0.15, -0.1) is 10.2 Å². The van der Waals surface area contributed by atoms with Gasteiger partial charge in [-0.1, -0.05) is 54.2 Å². The number of amides is 1. The SMILES string of the molecule is Cc1ccc(-c2nnc(NC(=O)c3cc(S(=O)(=O)N4CCC(C)CC4)ccc3C)s2)cc1. The third-order valence-corrected chi connectivity index (χ3v) is 8.56. The number of hydrogen-bond donors (Lipinski definition) is 1. The van der Waals surface area contributed by atoms with Crippen molar-refractivity contribution < 1.29 is 13.2 Å². The molecule has 32 heavy (non-hydrogen) atoms. The standard InChI is InChI=1S/C23H26N4O3S2/c1-15-4-7-18(8-5-15)22-25-26-23(31-22)24-21(28)20-14-19(9-6-17(20)3)32(29,30)27-12-10-16(2)11-13-27/h4-9,14,16H,10-13H2,1-3H3,(H,24,26,28). The van der Waals surface area contributed by atoms with Crippen molar-refractivity contribution in [3.8, 4) is 10.6 Å². The van der Waals surface area contributed by atoms with Crippen molar-refractivity contribution in [1.29, 1.82) is 0 Å². The normalized spacial score (nSPS) is 15.6. The second-order valence-corrected chi connectivity index (χ2v) is 11.2. The Bertz CT molecular complexity index is 1230. The maximum Gasteiger partial charge on any atom is 0.257 e. The zero-order valence-electron chi connectivity index (χ0n) is 18.3. The Morgan fingerprint density at radius 3 is 2.44 bits per heavy atom. The summed E-state index contributed by atoms with van der Waals surface area (Å²) in [6, 6.07) is 12.6. The lowest BCUT2D eigenvalue weighted by atomic mass is 10.0. The molecule has 9 heteroatoms. The van der Waals surface area contributed by atoms with Crippen molar-refractivity contribution in [3.05, 3.63) is 59.2 Å². The quantitative estimate of drug-likeness (QED) is 0.593. The molecule has 4 rings (SSSR count). The molecule has 168 valence electrons. The molecule has 1 aliphatic rings. The summed E-state index contributed by atoms with van der Waals surface area (Å²) in [6.07, 6.45) is 1.69. The van der Waals surface area contributed by atoms with E-state index in [0.29, 0.717) is 40.3 Å². The number of hydrogen-bond acceptors (Lipinski definition) is 6. The van der Waals surface area contributed by atoms with Crippen LogP contribution in [-0.4, -0.2) is 41.9 Å². The van der Waals surface area contributed by atoms with Crippen molar-refractivity contribution in [1.82, 2.24) is 14.5 Å². The molecule has 0 bridgehead atoms. The molecule has 1 N–H and O–H groups in total. The van der Waals surface area contributed by atoms with E-state index in [1.54, 1.807) is 19.1 Å². The summed E-state index contributed by atoms with van der Waals surface area (Å²) < 4.78 is 27.7.